The van der Waals surface area contributed by atoms with Gasteiger partial charge < -0.3 is 19.7 Å². The van der Waals surface area contributed by atoms with Crippen LogP contribution in [0.4, 0.5) is 15.9 Å². The molecule has 1 aliphatic carbocycles. The zero-order valence-electron chi connectivity index (χ0n) is 17.9. The monoisotopic (exact) mass is 444 g/mol. The molecule has 4 rings (SSSR count). The van der Waals surface area contributed by atoms with Gasteiger partial charge in [-0.15, -0.1) is 0 Å². The molecule has 3 aromatic rings. The molecule has 0 atom stereocenters. The Morgan fingerprint density at radius 2 is 1.84 bits per heavy atom. The summed E-state index contributed by atoms with van der Waals surface area (Å²) in [4.78, 5) is 11.0. The summed E-state index contributed by atoms with van der Waals surface area (Å²) in [5, 5.41) is 4.02. The standard InChI is InChI=1S/C23H26ClFN4O2/c1-29(2)15-5-7-16(8-6-15)31-22-11-17-20(12-21(22)30-3)26-13-27-23(17)28-14-4-9-19(25)18(24)10-14/h4,9-13,15-16H,5-8H2,1-3H3,(H,26,27,28). The molecular formula is C23H26ClFN4O2. The largest absolute Gasteiger partial charge is 0.493 e. The Kier molecular flexibility index (Phi) is 6.43. The molecule has 0 spiro atoms. The normalized spacial score (nSPS) is 18.9. The molecule has 0 amide bonds. The average Bonchev–Trinajstić information content (AvgIpc) is 2.76. The van der Waals surface area contributed by atoms with Crippen molar-refractivity contribution in [3.8, 4) is 11.5 Å². The number of ether oxygens (including phenoxy) is 2. The minimum atomic E-state index is -0.468. The first-order valence-corrected chi connectivity index (χ1v) is 10.7. The number of rotatable bonds is 6. The first-order valence-electron chi connectivity index (χ1n) is 10.3. The average molecular weight is 445 g/mol. The molecule has 0 saturated heterocycles. The quantitative estimate of drug-likeness (QED) is 0.547. The van der Waals surface area contributed by atoms with E-state index >= 15 is 0 Å². The number of hydrogen-bond acceptors (Lipinski definition) is 6. The van der Waals surface area contributed by atoms with Gasteiger partial charge in [-0.25, -0.2) is 14.4 Å². The number of methoxy groups -OCH3 is 1. The maximum atomic E-state index is 13.5. The van der Waals surface area contributed by atoms with E-state index in [1.54, 1.807) is 13.2 Å². The zero-order valence-corrected chi connectivity index (χ0v) is 18.6. The Morgan fingerprint density at radius 1 is 1.06 bits per heavy atom. The van der Waals surface area contributed by atoms with Crippen molar-refractivity contribution in [2.75, 3.05) is 26.5 Å². The number of hydrogen-bond donors (Lipinski definition) is 1. The lowest BCUT2D eigenvalue weighted by Gasteiger charge is -2.33. The van der Waals surface area contributed by atoms with Crippen LogP contribution in [0.15, 0.2) is 36.7 Å². The second kappa shape index (κ2) is 9.24. The Balaban J connectivity index is 1.62. The molecule has 1 heterocycles. The molecule has 1 saturated carbocycles. The number of benzene rings is 2. The second-order valence-corrected chi connectivity index (χ2v) is 8.42. The Hall–Kier alpha value is -2.64. The van der Waals surface area contributed by atoms with Gasteiger partial charge in [-0.3, -0.25) is 0 Å². The van der Waals surface area contributed by atoms with Gasteiger partial charge in [-0.05, 0) is 64.0 Å². The lowest BCUT2D eigenvalue weighted by atomic mass is 9.92. The number of nitrogens with one attached hydrogen (secondary N) is 1. The van der Waals surface area contributed by atoms with Gasteiger partial charge in [-0.1, -0.05) is 11.6 Å². The van der Waals surface area contributed by atoms with E-state index in [1.165, 1.54) is 18.5 Å². The first-order chi connectivity index (χ1) is 14.9. The van der Waals surface area contributed by atoms with Crippen molar-refractivity contribution in [2.24, 2.45) is 0 Å². The van der Waals surface area contributed by atoms with Crippen LogP contribution in [0.2, 0.25) is 5.02 Å². The molecular weight excluding hydrogens is 419 g/mol. The highest BCUT2D eigenvalue weighted by Crippen LogP contribution is 2.37. The van der Waals surface area contributed by atoms with Crippen LogP contribution in [-0.2, 0) is 0 Å². The second-order valence-electron chi connectivity index (χ2n) is 8.01. The molecule has 1 N–H and O–H groups in total. The van der Waals surface area contributed by atoms with E-state index in [9.17, 15) is 4.39 Å². The third kappa shape index (κ3) is 4.83. The maximum absolute atomic E-state index is 13.5. The predicted octanol–water partition coefficient (Wildman–Crippen LogP) is 5.43. The van der Waals surface area contributed by atoms with E-state index in [1.807, 2.05) is 12.1 Å². The Bertz CT molecular complexity index is 1070. The van der Waals surface area contributed by atoms with Crippen LogP contribution in [0, 0.1) is 5.82 Å². The molecule has 1 aliphatic rings. The maximum Gasteiger partial charge on any atom is 0.162 e. The summed E-state index contributed by atoms with van der Waals surface area (Å²) in [5.41, 5.74) is 1.35. The molecule has 0 unspecified atom stereocenters. The Morgan fingerprint density at radius 3 is 2.52 bits per heavy atom. The summed E-state index contributed by atoms with van der Waals surface area (Å²) in [7, 11) is 5.87. The van der Waals surface area contributed by atoms with E-state index in [0.29, 0.717) is 34.6 Å². The lowest BCUT2D eigenvalue weighted by molar-refractivity contribution is 0.108. The topological polar surface area (TPSA) is 59.5 Å². The van der Waals surface area contributed by atoms with Gasteiger partial charge in [0.2, 0.25) is 0 Å². The molecule has 1 fully saturated rings. The summed E-state index contributed by atoms with van der Waals surface area (Å²) >= 11 is 5.91. The SMILES string of the molecule is COc1cc2ncnc(Nc3ccc(F)c(Cl)c3)c2cc1OC1CCC(N(C)C)CC1. The van der Waals surface area contributed by atoms with Crippen molar-refractivity contribution >= 4 is 34.0 Å². The molecule has 6 nitrogen and oxygen atoms in total. The predicted molar refractivity (Wildman–Crippen MR) is 121 cm³/mol. The van der Waals surface area contributed by atoms with Gasteiger partial charge in [0.15, 0.2) is 11.5 Å². The third-order valence-corrected chi connectivity index (χ3v) is 6.06. The Labute approximate surface area is 186 Å². The summed E-state index contributed by atoms with van der Waals surface area (Å²) in [6.07, 6.45) is 5.81. The van der Waals surface area contributed by atoms with Crippen molar-refractivity contribution in [1.82, 2.24) is 14.9 Å². The van der Waals surface area contributed by atoms with Gasteiger partial charge in [0.1, 0.15) is 18.0 Å². The van der Waals surface area contributed by atoms with E-state index in [-0.39, 0.29) is 11.1 Å². The van der Waals surface area contributed by atoms with Crippen LogP contribution < -0.4 is 14.8 Å². The van der Waals surface area contributed by atoms with Crippen molar-refractivity contribution in [3.63, 3.8) is 0 Å². The molecule has 0 radical (unpaired) electrons. The molecule has 0 bridgehead atoms. The molecule has 2 aromatic carbocycles. The molecule has 1 aromatic heterocycles. The fourth-order valence-electron chi connectivity index (χ4n) is 3.98. The number of anilines is 2. The summed E-state index contributed by atoms with van der Waals surface area (Å²) < 4.78 is 25.4. The van der Waals surface area contributed by atoms with Gasteiger partial charge in [0.05, 0.1) is 23.8 Å². The van der Waals surface area contributed by atoms with Crippen LogP contribution in [0.1, 0.15) is 25.7 Å². The lowest BCUT2D eigenvalue weighted by Crippen LogP contribution is -2.35. The van der Waals surface area contributed by atoms with Crippen molar-refractivity contribution in [1.29, 1.82) is 0 Å². The third-order valence-electron chi connectivity index (χ3n) is 5.77. The van der Waals surface area contributed by atoms with Crippen molar-refractivity contribution in [3.05, 3.63) is 47.5 Å². The summed E-state index contributed by atoms with van der Waals surface area (Å²) in [6.45, 7) is 0. The number of fused-ring (bicyclic) bond motifs is 1. The van der Waals surface area contributed by atoms with Crippen LogP contribution in [0.5, 0.6) is 11.5 Å². The van der Waals surface area contributed by atoms with Gasteiger partial charge in [0, 0.05) is 23.2 Å². The molecule has 0 aliphatic heterocycles. The highest BCUT2D eigenvalue weighted by atomic mass is 35.5. The zero-order chi connectivity index (χ0) is 22.0. The van der Waals surface area contributed by atoms with Crippen LogP contribution in [0.3, 0.4) is 0 Å². The minimum absolute atomic E-state index is 0.0439. The summed E-state index contributed by atoms with van der Waals surface area (Å²) in [6, 6.07) is 8.80. The van der Waals surface area contributed by atoms with E-state index in [2.05, 4.69) is 34.3 Å². The fraction of sp³-hybridized carbons (Fsp3) is 0.391. The van der Waals surface area contributed by atoms with Crippen LogP contribution in [0.25, 0.3) is 10.9 Å². The minimum Gasteiger partial charge on any atom is -0.493 e. The number of aromatic nitrogens is 2. The summed E-state index contributed by atoms with van der Waals surface area (Å²) in [5.74, 6) is 1.41. The smallest absolute Gasteiger partial charge is 0.162 e. The van der Waals surface area contributed by atoms with Crippen LogP contribution >= 0.6 is 11.6 Å². The molecule has 31 heavy (non-hydrogen) atoms. The van der Waals surface area contributed by atoms with E-state index in [0.717, 1.165) is 31.1 Å². The van der Waals surface area contributed by atoms with Crippen molar-refractivity contribution < 1.29 is 13.9 Å². The van der Waals surface area contributed by atoms with Crippen molar-refractivity contribution in [2.45, 2.75) is 37.8 Å². The highest BCUT2D eigenvalue weighted by molar-refractivity contribution is 6.31. The van der Waals surface area contributed by atoms with Crippen LogP contribution in [-0.4, -0.2) is 48.2 Å². The molecule has 8 heteroatoms. The highest BCUT2D eigenvalue weighted by Gasteiger charge is 2.25. The number of halogens is 2. The van der Waals surface area contributed by atoms with E-state index < -0.39 is 5.82 Å². The van der Waals surface area contributed by atoms with Gasteiger partial charge >= 0.3 is 0 Å². The van der Waals surface area contributed by atoms with Gasteiger partial charge in [0.25, 0.3) is 0 Å². The first kappa shape index (κ1) is 21.6. The fourth-order valence-corrected chi connectivity index (χ4v) is 4.17. The molecule has 164 valence electrons. The number of nitrogens with zero attached hydrogens (tertiary/aromatic N) is 3. The van der Waals surface area contributed by atoms with E-state index in [4.69, 9.17) is 21.1 Å². The van der Waals surface area contributed by atoms with Gasteiger partial charge in [-0.2, -0.15) is 0 Å².